The Morgan fingerprint density at radius 3 is 2.41 bits per heavy atom. The zero-order chi connectivity index (χ0) is 19.0. The van der Waals surface area contributed by atoms with Gasteiger partial charge in [0.25, 0.3) is 0 Å². The second kappa shape index (κ2) is 7.12. The number of halogens is 1. The maximum absolute atomic E-state index is 14.3. The van der Waals surface area contributed by atoms with Gasteiger partial charge >= 0.3 is 0 Å². The number of likely N-dealkylation sites (tertiary alicyclic amines) is 1. The zero-order valence-electron chi connectivity index (χ0n) is 15.5. The summed E-state index contributed by atoms with van der Waals surface area (Å²) >= 11 is 0. The van der Waals surface area contributed by atoms with Crippen LogP contribution in [0.2, 0.25) is 0 Å². The summed E-state index contributed by atoms with van der Waals surface area (Å²) in [5.41, 5.74) is 0.548. The number of nitrogens with zero attached hydrogens (tertiary/aromatic N) is 3. The van der Waals surface area contributed by atoms with Gasteiger partial charge < -0.3 is 14.9 Å². The van der Waals surface area contributed by atoms with Crippen LogP contribution in [0.4, 0.5) is 10.1 Å². The van der Waals surface area contributed by atoms with E-state index < -0.39 is 0 Å². The largest absolute Gasteiger partial charge is 0.393 e. The molecule has 3 fully saturated rings. The van der Waals surface area contributed by atoms with Crippen molar-refractivity contribution < 1.29 is 14.3 Å². The molecule has 0 radical (unpaired) electrons. The van der Waals surface area contributed by atoms with E-state index in [1.165, 1.54) is 6.07 Å². The molecule has 2 heterocycles. The first-order chi connectivity index (χ1) is 13.0. The first-order valence-electron chi connectivity index (χ1n) is 9.96. The third kappa shape index (κ3) is 3.29. The lowest BCUT2D eigenvalue weighted by Crippen LogP contribution is -2.47. The van der Waals surface area contributed by atoms with Gasteiger partial charge in [-0.25, -0.2) is 4.39 Å². The summed E-state index contributed by atoms with van der Waals surface area (Å²) in [4.78, 5) is 17.2. The molecule has 1 aromatic carbocycles. The quantitative estimate of drug-likeness (QED) is 0.868. The fraction of sp³-hybridized carbons (Fsp3) is 0.619. The Labute approximate surface area is 159 Å². The minimum atomic E-state index is -0.370. The molecule has 2 aliphatic heterocycles. The molecule has 0 unspecified atom stereocenters. The van der Waals surface area contributed by atoms with Crippen molar-refractivity contribution in [1.82, 2.24) is 4.90 Å². The van der Waals surface area contributed by atoms with Gasteiger partial charge in [-0.1, -0.05) is 0 Å². The molecule has 4 rings (SSSR count). The van der Waals surface area contributed by atoms with Gasteiger partial charge in [0, 0.05) is 25.7 Å². The van der Waals surface area contributed by atoms with Crippen molar-refractivity contribution in [3.63, 3.8) is 0 Å². The van der Waals surface area contributed by atoms with Crippen LogP contribution in [0.15, 0.2) is 18.2 Å². The Morgan fingerprint density at radius 2 is 1.78 bits per heavy atom. The summed E-state index contributed by atoms with van der Waals surface area (Å²) in [6, 6.07) is 6.82. The zero-order valence-corrected chi connectivity index (χ0v) is 15.5. The van der Waals surface area contributed by atoms with Gasteiger partial charge in [-0.2, -0.15) is 5.26 Å². The average molecular weight is 371 g/mol. The van der Waals surface area contributed by atoms with Gasteiger partial charge in [-0.3, -0.25) is 4.79 Å². The maximum Gasteiger partial charge on any atom is 0.229 e. The molecule has 27 heavy (non-hydrogen) atoms. The van der Waals surface area contributed by atoms with E-state index in [0.717, 1.165) is 51.5 Å². The molecule has 1 aromatic rings. The van der Waals surface area contributed by atoms with E-state index in [4.69, 9.17) is 5.26 Å². The molecule has 1 N–H and O–H groups in total. The first kappa shape index (κ1) is 18.2. The average Bonchev–Trinajstić information content (AvgIpc) is 2.99. The third-order valence-electron chi connectivity index (χ3n) is 6.79. The maximum atomic E-state index is 14.3. The molecule has 144 valence electrons. The smallest absolute Gasteiger partial charge is 0.229 e. The lowest BCUT2D eigenvalue weighted by molar-refractivity contribution is -0.139. The number of piperidine rings is 1. The van der Waals surface area contributed by atoms with E-state index in [9.17, 15) is 14.3 Å². The Balaban J connectivity index is 1.41. The molecule has 6 heteroatoms. The van der Waals surface area contributed by atoms with Crippen molar-refractivity contribution in [1.29, 1.82) is 5.26 Å². The second-order valence-corrected chi connectivity index (χ2v) is 8.26. The van der Waals surface area contributed by atoms with Gasteiger partial charge in [0.15, 0.2) is 0 Å². The predicted molar refractivity (Wildman–Crippen MR) is 99.6 cm³/mol. The highest BCUT2D eigenvalue weighted by Gasteiger charge is 2.50. The first-order valence-corrected chi connectivity index (χ1v) is 9.96. The number of rotatable bonds is 2. The standard InChI is InChI=1S/C21H26FN3O2/c22-18-13-15(14-23)1-6-19(18)24-10-7-21(8-11-24)9-12-25(20(21)27)16-2-4-17(26)5-3-16/h1,6,13,16-17,26H,2-5,7-12H2/t16-,17+. The van der Waals surface area contributed by atoms with Crippen LogP contribution in [0.5, 0.6) is 0 Å². The molecule has 2 saturated heterocycles. The highest BCUT2D eigenvalue weighted by atomic mass is 19.1. The van der Waals surface area contributed by atoms with Crippen LogP contribution in [0.1, 0.15) is 50.5 Å². The minimum Gasteiger partial charge on any atom is -0.393 e. The van der Waals surface area contributed by atoms with Crippen molar-refractivity contribution in [2.24, 2.45) is 5.41 Å². The van der Waals surface area contributed by atoms with E-state index in [0.29, 0.717) is 24.3 Å². The highest BCUT2D eigenvalue weighted by molar-refractivity contribution is 5.85. The lowest BCUT2D eigenvalue weighted by Gasteiger charge is -2.40. The van der Waals surface area contributed by atoms with Crippen LogP contribution in [0, 0.1) is 22.6 Å². The fourth-order valence-corrected chi connectivity index (χ4v) is 5.04. The highest BCUT2D eigenvalue weighted by Crippen LogP contribution is 2.44. The molecule has 1 saturated carbocycles. The minimum absolute atomic E-state index is 0.210. The Morgan fingerprint density at radius 1 is 1.11 bits per heavy atom. The second-order valence-electron chi connectivity index (χ2n) is 8.26. The fourth-order valence-electron chi connectivity index (χ4n) is 5.04. The lowest BCUT2D eigenvalue weighted by atomic mass is 9.77. The number of benzene rings is 1. The van der Waals surface area contributed by atoms with E-state index >= 15 is 0 Å². The van der Waals surface area contributed by atoms with Crippen LogP contribution in [0.25, 0.3) is 0 Å². The van der Waals surface area contributed by atoms with Gasteiger partial charge in [0.05, 0.1) is 28.8 Å². The summed E-state index contributed by atoms with van der Waals surface area (Å²) < 4.78 is 14.3. The van der Waals surface area contributed by atoms with E-state index in [2.05, 4.69) is 4.90 Å². The Bertz CT molecular complexity index is 759. The number of hydrogen-bond donors (Lipinski definition) is 1. The van der Waals surface area contributed by atoms with Crippen LogP contribution in [-0.4, -0.2) is 47.7 Å². The molecule has 5 nitrogen and oxygen atoms in total. The molecular weight excluding hydrogens is 345 g/mol. The van der Waals surface area contributed by atoms with Gasteiger partial charge in [-0.15, -0.1) is 0 Å². The molecular formula is C21H26FN3O2. The number of aliphatic hydroxyl groups is 1. The number of carbonyl (C=O) groups excluding carboxylic acids is 1. The SMILES string of the molecule is N#Cc1ccc(N2CCC3(CC2)CCN([C@H]2CC[C@@H](O)CC2)C3=O)c(F)c1. The number of anilines is 1. The molecule has 0 atom stereocenters. The van der Waals surface area contributed by atoms with E-state index in [1.807, 2.05) is 11.0 Å². The molecule has 1 aliphatic carbocycles. The molecule has 1 spiro atoms. The topological polar surface area (TPSA) is 67.6 Å². The molecule has 0 aromatic heterocycles. The number of carbonyl (C=O) groups is 1. The summed E-state index contributed by atoms with van der Waals surface area (Å²) in [7, 11) is 0. The van der Waals surface area contributed by atoms with Crippen molar-refractivity contribution in [3.8, 4) is 6.07 Å². The number of amides is 1. The summed E-state index contributed by atoms with van der Waals surface area (Å²) in [6.07, 6.45) is 5.53. The summed E-state index contributed by atoms with van der Waals surface area (Å²) in [5, 5.41) is 18.6. The van der Waals surface area contributed by atoms with Crippen molar-refractivity contribution in [3.05, 3.63) is 29.6 Å². The van der Waals surface area contributed by atoms with Crippen LogP contribution in [0.3, 0.4) is 0 Å². The molecule has 0 bridgehead atoms. The predicted octanol–water partition coefficient (Wildman–Crippen LogP) is 2.82. The molecule has 3 aliphatic rings. The third-order valence-corrected chi connectivity index (χ3v) is 6.79. The Kier molecular flexibility index (Phi) is 4.81. The normalized spacial score (nSPS) is 27.8. The number of aliphatic hydroxyl groups excluding tert-OH is 1. The van der Waals surface area contributed by atoms with Crippen LogP contribution < -0.4 is 4.90 Å². The van der Waals surface area contributed by atoms with Crippen molar-refractivity contribution >= 4 is 11.6 Å². The van der Waals surface area contributed by atoms with Gasteiger partial charge in [0.2, 0.25) is 5.91 Å². The summed E-state index contributed by atoms with van der Waals surface area (Å²) in [5.74, 6) is -0.103. The van der Waals surface area contributed by atoms with Gasteiger partial charge in [0.1, 0.15) is 5.82 Å². The summed E-state index contributed by atoms with van der Waals surface area (Å²) in [6.45, 7) is 2.13. The van der Waals surface area contributed by atoms with Crippen LogP contribution >= 0.6 is 0 Å². The Hall–Kier alpha value is -2.13. The van der Waals surface area contributed by atoms with Crippen molar-refractivity contribution in [2.75, 3.05) is 24.5 Å². The van der Waals surface area contributed by atoms with Gasteiger partial charge in [-0.05, 0) is 63.1 Å². The van der Waals surface area contributed by atoms with Crippen molar-refractivity contribution in [2.45, 2.75) is 57.1 Å². The molecule has 1 amide bonds. The number of hydrogen-bond acceptors (Lipinski definition) is 4. The number of nitriles is 1. The monoisotopic (exact) mass is 371 g/mol. The van der Waals surface area contributed by atoms with Crippen LogP contribution in [-0.2, 0) is 4.79 Å². The van der Waals surface area contributed by atoms with E-state index in [1.54, 1.807) is 12.1 Å². The van der Waals surface area contributed by atoms with E-state index in [-0.39, 0.29) is 29.3 Å².